The Hall–Kier alpha value is -0.750. The fourth-order valence-corrected chi connectivity index (χ4v) is 1.41. The molecule has 6 heteroatoms. The van der Waals surface area contributed by atoms with E-state index in [0.29, 0.717) is 5.16 Å². The number of aromatic nitrogens is 3. The molecule has 0 atom stereocenters. The van der Waals surface area contributed by atoms with Gasteiger partial charge in [0.1, 0.15) is 11.7 Å². The SMILES string of the molecule is Cn1cnnc1SCC(=O)[C]=S. The lowest BCUT2D eigenvalue weighted by molar-refractivity contribution is -0.110. The molecule has 0 N–H and O–H groups in total. The molecule has 0 aromatic carbocycles. The number of ketones is 1. The van der Waals surface area contributed by atoms with Gasteiger partial charge in [-0.05, 0) is 0 Å². The molecular weight excluding hydrogens is 194 g/mol. The molecule has 1 aromatic heterocycles. The van der Waals surface area contributed by atoms with E-state index in [1.165, 1.54) is 11.8 Å². The largest absolute Gasteiger partial charge is 0.312 e. The fourth-order valence-electron chi connectivity index (χ4n) is 0.563. The second-order valence-corrected chi connectivity index (χ2v) is 3.18. The van der Waals surface area contributed by atoms with Crippen LogP contribution in [-0.2, 0) is 11.8 Å². The van der Waals surface area contributed by atoms with Gasteiger partial charge in [-0.3, -0.25) is 4.79 Å². The maximum atomic E-state index is 10.7. The van der Waals surface area contributed by atoms with Crippen LogP contribution in [0, 0.1) is 0 Å². The highest BCUT2D eigenvalue weighted by Gasteiger charge is 2.04. The van der Waals surface area contributed by atoms with E-state index in [1.54, 1.807) is 10.9 Å². The highest BCUT2D eigenvalue weighted by molar-refractivity contribution is 8.00. The molecule has 0 amide bonds. The van der Waals surface area contributed by atoms with Crippen LogP contribution in [0.15, 0.2) is 11.5 Å². The molecule has 1 rings (SSSR count). The minimum absolute atomic E-state index is 0.196. The Labute approximate surface area is 79.4 Å². The molecule has 0 aliphatic rings. The van der Waals surface area contributed by atoms with Crippen molar-refractivity contribution in [3.05, 3.63) is 6.33 Å². The lowest BCUT2D eigenvalue weighted by Gasteiger charge is -1.95. The predicted molar refractivity (Wildman–Crippen MR) is 49.3 cm³/mol. The topological polar surface area (TPSA) is 47.8 Å². The van der Waals surface area contributed by atoms with Gasteiger partial charge in [-0.15, -0.1) is 10.2 Å². The Morgan fingerprint density at radius 3 is 3.17 bits per heavy atom. The average Bonchev–Trinajstić information content (AvgIpc) is 2.47. The summed E-state index contributed by atoms with van der Waals surface area (Å²) in [4.78, 5) is 10.7. The highest BCUT2D eigenvalue weighted by Crippen LogP contribution is 2.12. The summed E-state index contributed by atoms with van der Waals surface area (Å²) in [5, 5.41) is 10.3. The number of thiocarbonyl (C=S) groups is 1. The molecule has 0 saturated heterocycles. The van der Waals surface area contributed by atoms with Gasteiger partial charge in [-0.1, -0.05) is 24.0 Å². The number of nitrogens with zero attached hydrogens (tertiary/aromatic N) is 3. The van der Waals surface area contributed by atoms with Crippen molar-refractivity contribution in [2.75, 3.05) is 5.75 Å². The van der Waals surface area contributed by atoms with Gasteiger partial charge in [-0.25, -0.2) is 0 Å². The predicted octanol–water partition coefficient (Wildman–Crippen LogP) is 0.353. The van der Waals surface area contributed by atoms with Gasteiger partial charge in [0.05, 0.1) is 5.75 Å². The number of carbonyl (C=O) groups is 1. The first-order chi connectivity index (χ1) is 5.74. The third-order valence-electron chi connectivity index (χ3n) is 1.12. The number of thioether (sulfide) groups is 1. The highest BCUT2D eigenvalue weighted by atomic mass is 32.2. The molecule has 0 aliphatic heterocycles. The molecule has 63 valence electrons. The van der Waals surface area contributed by atoms with E-state index in [4.69, 9.17) is 0 Å². The molecule has 0 bridgehead atoms. The minimum Gasteiger partial charge on any atom is -0.312 e. The molecule has 0 saturated carbocycles. The normalized spacial score (nSPS) is 9.75. The van der Waals surface area contributed by atoms with Crippen molar-refractivity contribution in [1.29, 1.82) is 0 Å². The van der Waals surface area contributed by atoms with Crippen molar-refractivity contribution in [2.45, 2.75) is 5.16 Å². The molecule has 1 aromatic rings. The number of hydrogen-bond acceptors (Lipinski definition) is 5. The maximum Gasteiger partial charge on any atom is 0.191 e. The summed E-state index contributed by atoms with van der Waals surface area (Å²) in [7, 11) is 1.81. The number of rotatable bonds is 4. The summed E-state index contributed by atoms with van der Waals surface area (Å²) < 4.78 is 1.74. The first kappa shape index (κ1) is 9.34. The number of aryl methyl sites for hydroxylation is 1. The molecule has 0 spiro atoms. The molecular formula is C6H6N3OS2. The Kier molecular flexibility index (Phi) is 3.36. The van der Waals surface area contributed by atoms with E-state index < -0.39 is 0 Å². The first-order valence-electron chi connectivity index (χ1n) is 3.12. The van der Waals surface area contributed by atoms with Crippen LogP contribution in [0.2, 0.25) is 0 Å². The zero-order valence-corrected chi connectivity index (χ0v) is 7.98. The first-order valence-corrected chi connectivity index (χ1v) is 4.51. The maximum absolute atomic E-state index is 10.7. The lowest BCUT2D eigenvalue weighted by atomic mass is 10.5. The molecule has 4 nitrogen and oxygen atoms in total. The van der Waals surface area contributed by atoms with Crippen LogP contribution in [0.4, 0.5) is 0 Å². The Bertz CT molecular complexity index is 297. The number of Topliss-reactive ketones (excluding diaryl/α,β-unsaturated/α-hetero) is 1. The second-order valence-electron chi connectivity index (χ2n) is 2.04. The third-order valence-corrected chi connectivity index (χ3v) is 2.38. The van der Waals surface area contributed by atoms with Crippen molar-refractivity contribution in [3.8, 4) is 0 Å². The van der Waals surface area contributed by atoms with Crippen LogP contribution in [0.3, 0.4) is 0 Å². The van der Waals surface area contributed by atoms with Gasteiger partial charge in [0.2, 0.25) is 0 Å². The van der Waals surface area contributed by atoms with E-state index >= 15 is 0 Å². The van der Waals surface area contributed by atoms with E-state index in [-0.39, 0.29) is 11.5 Å². The Morgan fingerprint density at radius 1 is 1.92 bits per heavy atom. The van der Waals surface area contributed by atoms with Gasteiger partial charge in [-0.2, -0.15) is 0 Å². The van der Waals surface area contributed by atoms with E-state index in [9.17, 15) is 4.79 Å². The average molecular weight is 200 g/mol. The fraction of sp³-hybridized carbons (Fsp3) is 0.333. The van der Waals surface area contributed by atoms with Gasteiger partial charge >= 0.3 is 0 Å². The Morgan fingerprint density at radius 2 is 2.67 bits per heavy atom. The summed E-state index contributed by atoms with van der Waals surface area (Å²) in [6.07, 6.45) is 1.58. The monoisotopic (exact) mass is 200 g/mol. The summed E-state index contributed by atoms with van der Waals surface area (Å²) in [6, 6.07) is 0. The van der Waals surface area contributed by atoms with Gasteiger partial charge in [0, 0.05) is 7.05 Å². The van der Waals surface area contributed by atoms with Crippen LogP contribution in [-0.4, -0.2) is 31.7 Å². The van der Waals surface area contributed by atoms with Crippen molar-refractivity contribution < 1.29 is 4.79 Å². The van der Waals surface area contributed by atoms with Crippen molar-refractivity contribution in [3.63, 3.8) is 0 Å². The zero-order valence-electron chi connectivity index (χ0n) is 6.35. The van der Waals surface area contributed by atoms with Crippen molar-refractivity contribution in [1.82, 2.24) is 14.8 Å². The molecule has 0 unspecified atom stereocenters. The summed E-state index contributed by atoms with van der Waals surface area (Å²) >= 11 is 5.64. The molecule has 1 radical (unpaired) electrons. The Balaban J connectivity index is 2.48. The standard InChI is InChI=1S/C6H6N3OS2/c1-9-4-7-8-6(9)12-3-5(10)2-11/h4H,3H2,1H3. The molecule has 12 heavy (non-hydrogen) atoms. The summed E-state index contributed by atoms with van der Waals surface area (Å²) in [6.45, 7) is 0. The van der Waals surface area contributed by atoms with Gasteiger partial charge in [0.15, 0.2) is 10.9 Å². The van der Waals surface area contributed by atoms with Crippen molar-refractivity contribution in [2.24, 2.45) is 7.05 Å². The smallest absolute Gasteiger partial charge is 0.191 e. The zero-order chi connectivity index (χ0) is 8.97. The number of hydrogen-bond donors (Lipinski definition) is 0. The van der Waals surface area contributed by atoms with Crippen LogP contribution in [0.25, 0.3) is 0 Å². The van der Waals surface area contributed by atoms with Crippen LogP contribution in [0.5, 0.6) is 0 Å². The van der Waals surface area contributed by atoms with E-state index in [2.05, 4.69) is 27.8 Å². The summed E-state index contributed by atoms with van der Waals surface area (Å²) in [5.41, 5.74) is 0. The molecule has 1 heterocycles. The van der Waals surface area contributed by atoms with Gasteiger partial charge < -0.3 is 4.57 Å². The quantitative estimate of drug-likeness (QED) is 0.518. The van der Waals surface area contributed by atoms with Crippen LogP contribution < -0.4 is 0 Å². The molecule has 0 aliphatic carbocycles. The van der Waals surface area contributed by atoms with Gasteiger partial charge in [0.25, 0.3) is 0 Å². The van der Waals surface area contributed by atoms with Crippen LogP contribution >= 0.6 is 24.0 Å². The van der Waals surface area contributed by atoms with E-state index in [1.807, 2.05) is 7.05 Å². The lowest BCUT2D eigenvalue weighted by Crippen LogP contribution is -2.01. The van der Waals surface area contributed by atoms with Crippen molar-refractivity contribution >= 4 is 35.1 Å². The summed E-state index contributed by atoms with van der Waals surface area (Å²) in [5.74, 6) is 0.0775. The number of carbonyl (C=O) groups excluding carboxylic acids is 1. The second kappa shape index (κ2) is 4.32. The third kappa shape index (κ3) is 2.38. The molecule has 0 fully saturated rings. The van der Waals surface area contributed by atoms with E-state index in [0.717, 1.165) is 0 Å². The minimum atomic E-state index is -0.196. The van der Waals surface area contributed by atoms with Crippen LogP contribution in [0.1, 0.15) is 0 Å².